The van der Waals surface area contributed by atoms with E-state index in [1.807, 2.05) is 30.3 Å². The second-order valence-electron chi connectivity index (χ2n) is 8.43. The molecule has 4 aromatic rings. The zero-order valence-corrected chi connectivity index (χ0v) is 20.2. The Morgan fingerprint density at radius 1 is 1.19 bits per heavy atom. The molecule has 0 bridgehead atoms. The zero-order valence-electron chi connectivity index (χ0n) is 19.5. The average molecular weight is 509 g/mol. The maximum absolute atomic E-state index is 13.6. The quantitative estimate of drug-likeness (QED) is 0.303. The lowest BCUT2D eigenvalue weighted by molar-refractivity contribution is -0.0831. The molecule has 1 saturated heterocycles. The molecule has 0 spiro atoms. The number of fused-ring (bicyclic) bond motifs is 1. The van der Waals surface area contributed by atoms with Crippen LogP contribution >= 0.6 is 11.6 Å². The van der Waals surface area contributed by atoms with E-state index in [4.69, 9.17) is 25.8 Å². The van der Waals surface area contributed by atoms with Crippen LogP contribution in [-0.2, 0) is 9.47 Å². The molecule has 3 heterocycles. The monoisotopic (exact) mass is 508 g/mol. The summed E-state index contributed by atoms with van der Waals surface area (Å²) in [5, 5.41) is 13.6. The Kier molecular flexibility index (Phi) is 7.15. The molecule has 0 aliphatic carbocycles. The number of nitrogens with zero attached hydrogens (tertiary/aromatic N) is 2. The fourth-order valence-electron chi connectivity index (χ4n) is 4.30. The number of aliphatic hydroxyl groups excluding tert-OH is 1. The first kappa shape index (κ1) is 24.2. The van der Waals surface area contributed by atoms with Gasteiger partial charge in [-0.1, -0.05) is 29.8 Å². The molecular weight excluding hydrogens is 484 g/mol. The van der Waals surface area contributed by atoms with Crippen LogP contribution in [0.1, 0.15) is 22.3 Å². The van der Waals surface area contributed by atoms with E-state index in [1.54, 1.807) is 31.5 Å². The van der Waals surface area contributed by atoms with Crippen molar-refractivity contribution in [3.05, 3.63) is 77.2 Å². The number of benzene rings is 2. The van der Waals surface area contributed by atoms with Gasteiger partial charge in [-0.25, -0.2) is 9.97 Å². The Hall–Kier alpha value is -3.50. The van der Waals surface area contributed by atoms with Gasteiger partial charge in [0.1, 0.15) is 29.3 Å². The van der Waals surface area contributed by atoms with E-state index >= 15 is 0 Å². The SMILES string of the molecule is CO[C@H]1C[C@@H](CO)OC[C@@H]1Nc1ncnc2[nH]cc(C(=O)c3ccc(Oc4ccccc4)cc3Cl)c12. The highest BCUT2D eigenvalue weighted by Gasteiger charge is 2.32. The third-order valence-electron chi connectivity index (χ3n) is 6.16. The van der Waals surface area contributed by atoms with Crippen LogP contribution in [0.4, 0.5) is 5.82 Å². The van der Waals surface area contributed by atoms with E-state index < -0.39 is 0 Å². The minimum absolute atomic E-state index is 0.0727. The summed E-state index contributed by atoms with van der Waals surface area (Å²) in [5.41, 5.74) is 1.22. The van der Waals surface area contributed by atoms with Gasteiger partial charge >= 0.3 is 0 Å². The molecule has 186 valence electrons. The van der Waals surface area contributed by atoms with Gasteiger partial charge in [0.2, 0.25) is 0 Å². The molecule has 2 aromatic heterocycles. The zero-order chi connectivity index (χ0) is 25.1. The third-order valence-corrected chi connectivity index (χ3v) is 6.48. The predicted octanol–water partition coefficient (Wildman–Crippen LogP) is 4.21. The highest BCUT2D eigenvalue weighted by molar-refractivity contribution is 6.35. The summed E-state index contributed by atoms with van der Waals surface area (Å²) in [6.07, 6.45) is 3.07. The first-order chi connectivity index (χ1) is 17.6. The minimum atomic E-state index is -0.279. The van der Waals surface area contributed by atoms with Crippen molar-refractivity contribution in [2.75, 3.05) is 25.6 Å². The fourth-order valence-corrected chi connectivity index (χ4v) is 4.56. The Labute approximate surface area is 212 Å². The van der Waals surface area contributed by atoms with Crippen molar-refractivity contribution < 1.29 is 24.1 Å². The molecule has 3 N–H and O–H groups in total. The van der Waals surface area contributed by atoms with Crippen molar-refractivity contribution in [2.24, 2.45) is 0 Å². The third kappa shape index (κ3) is 4.91. The normalized spacial score (nSPS) is 19.8. The van der Waals surface area contributed by atoms with E-state index in [1.165, 1.54) is 6.33 Å². The lowest BCUT2D eigenvalue weighted by Crippen LogP contribution is -2.47. The molecule has 9 nitrogen and oxygen atoms in total. The van der Waals surface area contributed by atoms with Crippen molar-refractivity contribution in [3.8, 4) is 11.5 Å². The molecule has 1 aliphatic rings. The number of H-pyrrole nitrogens is 1. The predicted molar refractivity (Wildman–Crippen MR) is 135 cm³/mol. The van der Waals surface area contributed by atoms with Gasteiger partial charge in [0.05, 0.1) is 47.4 Å². The number of methoxy groups -OCH3 is 1. The maximum atomic E-state index is 13.6. The molecule has 5 rings (SSSR count). The Bertz CT molecular complexity index is 1360. The topological polar surface area (TPSA) is 119 Å². The van der Waals surface area contributed by atoms with E-state index in [9.17, 15) is 9.90 Å². The van der Waals surface area contributed by atoms with Crippen molar-refractivity contribution in [2.45, 2.75) is 24.7 Å². The molecule has 2 aromatic carbocycles. The number of aromatic nitrogens is 3. The number of nitrogens with one attached hydrogen (secondary N) is 2. The van der Waals surface area contributed by atoms with Crippen LogP contribution in [0, 0.1) is 0 Å². The van der Waals surface area contributed by atoms with E-state index in [-0.39, 0.29) is 35.7 Å². The molecule has 0 radical (unpaired) electrons. The molecule has 0 unspecified atom stereocenters. The van der Waals surface area contributed by atoms with Gasteiger partial charge in [-0.15, -0.1) is 0 Å². The molecule has 1 aliphatic heterocycles. The Morgan fingerprint density at radius 3 is 2.78 bits per heavy atom. The van der Waals surface area contributed by atoms with Gasteiger partial charge in [-0.05, 0) is 24.3 Å². The van der Waals surface area contributed by atoms with E-state index in [2.05, 4.69) is 20.3 Å². The maximum Gasteiger partial charge on any atom is 0.196 e. The van der Waals surface area contributed by atoms with Crippen LogP contribution in [-0.4, -0.2) is 64.4 Å². The van der Waals surface area contributed by atoms with Crippen LogP contribution in [0.3, 0.4) is 0 Å². The molecule has 36 heavy (non-hydrogen) atoms. The van der Waals surface area contributed by atoms with Gasteiger partial charge in [0.15, 0.2) is 5.78 Å². The summed E-state index contributed by atoms with van der Waals surface area (Å²) in [4.78, 5) is 25.3. The number of ether oxygens (including phenoxy) is 3. The molecular formula is C26H25ClN4O5. The molecule has 0 amide bonds. The number of rotatable bonds is 8. The number of hydrogen-bond donors (Lipinski definition) is 3. The fraction of sp³-hybridized carbons (Fsp3) is 0.269. The number of carbonyl (C=O) groups excluding carboxylic acids is 1. The summed E-state index contributed by atoms with van der Waals surface area (Å²) < 4.78 is 17.2. The minimum Gasteiger partial charge on any atom is -0.457 e. The van der Waals surface area contributed by atoms with Crippen molar-refractivity contribution >= 4 is 34.2 Å². The van der Waals surface area contributed by atoms with Crippen LogP contribution in [0.25, 0.3) is 11.0 Å². The number of carbonyl (C=O) groups is 1. The van der Waals surface area contributed by atoms with Gasteiger partial charge < -0.3 is 29.6 Å². The average Bonchev–Trinajstić information content (AvgIpc) is 3.34. The van der Waals surface area contributed by atoms with Crippen LogP contribution < -0.4 is 10.1 Å². The number of aliphatic hydroxyl groups is 1. The summed E-state index contributed by atoms with van der Waals surface area (Å²) in [6.45, 7) is 0.244. The standard InChI is InChI=1S/C26H25ClN4O5/c1-34-22-10-17(12-32)35-13-21(22)31-26-23-19(11-28-25(23)29-14-30-26)24(33)18-8-7-16(9-20(18)27)36-15-5-3-2-4-6-15/h2-9,11,14,17,21-22,32H,10,12-13H2,1H3,(H2,28,29,30,31)/t17-,21-,22-/m0/s1. The lowest BCUT2D eigenvalue weighted by Gasteiger charge is -2.35. The number of anilines is 1. The summed E-state index contributed by atoms with van der Waals surface area (Å²) in [5.74, 6) is 1.39. The second-order valence-corrected chi connectivity index (χ2v) is 8.84. The Balaban J connectivity index is 1.42. The first-order valence-electron chi connectivity index (χ1n) is 11.5. The number of halogens is 1. The van der Waals surface area contributed by atoms with Crippen molar-refractivity contribution in [1.29, 1.82) is 0 Å². The molecule has 3 atom stereocenters. The molecule has 1 fully saturated rings. The highest BCUT2D eigenvalue weighted by atomic mass is 35.5. The number of hydrogen-bond acceptors (Lipinski definition) is 8. The first-order valence-corrected chi connectivity index (χ1v) is 11.9. The molecule has 10 heteroatoms. The molecule has 0 saturated carbocycles. The van der Waals surface area contributed by atoms with Gasteiger partial charge in [-0.2, -0.15) is 0 Å². The van der Waals surface area contributed by atoms with Crippen molar-refractivity contribution in [3.63, 3.8) is 0 Å². The summed E-state index contributed by atoms with van der Waals surface area (Å²) in [7, 11) is 1.62. The summed E-state index contributed by atoms with van der Waals surface area (Å²) in [6, 6.07) is 14.1. The van der Waals surface area contributed by atoms with E-state index in [0.29, 0.717) is 52.5 Å². The van der Waals surface area contributed by atoms with Crippen LogP contribution in [0.2, 0.25) is 5.02 Å². The van der Waals surface area contributed by atoms with Crippen LogP contribution in [0.15, 0.2) is 61.1 Å². The van der Waals surface area contributed by atoms with Crippen molar-refractivity contribution in [1.82, 2.24) is 15.0 Å². The number of para-hydroxylation sites is 1. The second kappa shape index (κ2) is 10.6. The smallest absolute Gasteiger partial charge is 0.196 e. The van der Waals surface area contributed by atoms with Crippen LogP contribution in [0.5, 0.6) is 11.5 Å². The number of aromatic amines is 1. The van der Waals surface area contributed by atoms with Gasteiger partial charge in [0, 0.05) is 31.4 Å². The number of ketones is 1. The summed E-state index contributed by atoms with van der Waals surface area (Å²) >= 11 is 6.51. The Morgan fingerprint density at radius 2 is 2.03 bits per heavy atom. The van der Waals surface area contributed by atoms with Gasteiger partial charge in [0.25, 0.3) is 0 Å². The largest absolute Gasteiger partial charge is 0.457 e. The van der Waals surface area contributed by atoms with Gasteiger partial charge in [-0.3, -0.25) is 4.79 Å². The van der Waals surface area contributed by atoms with E-state index in [0.717, 1.165) is 0 Å². The highest BCUT2D eigenvalue weighted by Crippen LogP contribution is 2.32. The lowest BCUT2D eigenvalue weighted by atomic mass is 10.0.